The van der Waals surface area contributed by atoms with Crippen LogP contribution in [0.1, 0.15) is 12.8 Å². The number of carbonyl (C=O) groups is 2. The van der Waals surface area contributed by atoms with E-state index >= 15 is 0 Å². The van der Waals surface area contributed by atoms with Gasteiger partial charge in [0.1, 0.15) is 6.54 Å². The highest BCUT2D eigenvalue weighted by Crippen LogP contribution is 2.28. The van der Waals surface area contributed by atoms with Crippen LogP contribution in [0.3, 0.4) is 0 Å². The number of nitrogens with zero attached hydrogens (tertiary/aromatic N) is 2. The van der Waals surface area contributed by atoms with Gasteiger partial charge in [0.2, 0.25) is 21.8 Å². The number of nitrogens with two attached hydrogens (primary N) is 1. The van der Waals surface area contributed by atoms with E-state index < -0.39 is 10.0 Å². The van der Waals surface area contributed by atoms with E-state index in [4.69, 9.17) is 5.73 Å². The van der Waals surface area contributed by atoms with Crippen molar-refractivity contribution in [3.63, 3.8) is 0 Å². The number of carbonyl (C=O) groups excluding carboxylic acids is 2. The number of rotatable bonds is 5. The maximum absolute atomic E-state index is 12.7. The highest BCUT2D eigenvalue weighted by molar-refractivity contribution is 7.92. The Kier molecular flexibility index (Phi) is 5.36. The minimum Gasteiger partial charge on any atom is -0.369 e. The quantitative estimate of drug-likeness (QED) is 0.833. The van der Waals surface area contributed by atoms with Crippen molar-refractivity contribution in [1.82, 2.24) is 4.90 Å². The lowest BCUT2D eigenvalue weighted by Crippen LogP contribution is -2.47. The van der Waals surface area contributed by atoms with E-state index in [1.54, 1.807) is 17.0 Å². The molecule has 1 aliphatic heterocycles. The van der Waals surface area contributed by atoms with Crippen LogP contribution in [0.4, 0.5) is 5.69 Å². The summed E-state index contributed by atoms with van der Waals surface area (Å²) in [6.45, 7) is 0.535. The van der Waals surface area contributed by atoms with Crippen molar-refractivity contribution in [3.8, 4) is 0 Å². The molecule has 27 heavy (non-hydrogen) atoms. The SMILES string of the molecule is CS(=O)(=O)N(CC(=O)N1CCC(C(N)=O)CC1)c1cccc2ccccc12. The van der Waals surface area contributed by atoms with E-state index in [0.717, 1.165) is 21.3 Å². The molecule has 2 aromatic rings. The molecule has 7 nitrogen and oxygen atoms in total. The van der Waals surface area contributed by atoms with Crippen LogP contribution in [-0.4, -0.2) is 51.0 Å². The standard InChI is InChI=1S/C19H23N3O4S/c1-27(25,26)22(17-8-4-6-14-5-2-3-7-16(14)17)13-18(23)21-11-9-15(10-12-21)19(20)24/h2-8,15H,9-13H2,1H3,(H2,20,24). The van der Waals surface area contributed by atoms with E-state index in [1.807, 2.05) is 30.3 Å². The predicted molar refractivity (Wildman–Crippen MR) is 105 cm³/mol. The van der Waals surface area contributed by atoms with Crippen molar-refractivity contribution in [1.29, 1.82) is 0 Å². The monoisotopic (exact) mass is 389 g/mol. The lowest BCUT2D eigenvalue weighted by molar-refractivity contribution is -0.133. The zero-order valence-electron chi connectivity index (χ0n) is 15.2. The molecule has 144 valence electrons. The molecule has 0 spiro atoms. The average Bonchev–Trinajstić information content (AvgIpc) is 2.64. The van der Waals surface area contributed by atoms with E-state index in [-0.39, 0.29) is 24.3 Å². The third-order valence-electron chi connectivity index (χ3n) is 4.96. The van der Waals surface area contributed by atoms with E-state index in [1.165, 1.54) is 0 Å². The number of sulfonamides is 1. The Morgan fingerprint density at radius 1 is 1.11 bits per heavy atom. The lowest BCUT2D eigenvalue weighted by atomic mass is 9.96. The summed E-state index contributed by atoms with van der Waals surface area (Å²) in [6, 6.07) is 12.8. The Balaban J connectivity index is 1.85. The third-order valence-corrected chi connectivity index (χ3v) is 6.09. The van der Waals surface area contributed by atoms with E-state index in [9.17, 15) is 18.0 Å². The van der Waals surface area contributed by atoms with Crippen LogP contribution in [0.2, 0.25) is 0 Å². The molecule has 0 unspecified atom stereocenters. The van der Waals surface area contributed by atoms with Gasteiger partial charge in [-0.15, -0.1) is 0 Å². The Labute approximate surface area is 158 Å². The molecule has 2 N–H and O–H groups in total. The number of fused-ring (bicyclic) bond motifs is 1. The summed E-state index contributed by atoms with van der Waals surface area (Å²) in [5.41, 5.74) is 5.81. The number of piperidine rings is 1. The van der Waals surface area contributed by atoms with Gasteiger partial charge in [0.05, 0.1) is 11.9 Å². The highest BCUT2D eigenvalue weighted by Gasteiger charge is 2.29. The first-order valence-corrected chi connectivity index (χ1v) is 10.6. The zero-order chi connectivity index (χ0) is 19.6. The van der Waals surface area contributed by atoms with Gasteiger partial charge in [0.25, 0.3) is 0 Å². The summed E-state index contributed by atoms with van der Waals surface area (Å²) in [6.07, 6.45) is 2.11. The van der Waals surface area contributed by atoms with Gasteiger partial charge in [0, 0.05) is 24.4 Å². The Morgan fingerprint density at radius 3 is 2.37 bits per heavy atom. The van der Waals surface area contributed by atoms with Crippen LogP contribution in [-0.2, 0) is 19.6 Å². The van der Waals surface area contributed by atoms with E-state index in [0.29, 0.717) is 31.6 Å². The van der Waals surface area contributed by atoms with Gasteiger partial charge in [-0.05, 0) is 24.3 Å². The van der Waals surface area contributed by atoms with Crippen molar-refractivity contribution < 1.29 is 18.0 Å². The first-order chi connectivity index (χ1) is 12.8. The molecule has 0 aliphatic carbocycles. The zero-order valence-corrected chi connectivity index (χ0v) is 16.0. The van der Waals surface area contributed by atoms with Crippen LogP contribution < -0.4 is 10.0 Å². The summed E-state index contributed by atoms with van der Waals surface area (Å²) in [5.74, 6) is -0.856. The maximum atomic E-state index is 12.7. The molecule has 1 aliphatic rings. The van der Waals surface area contributed by atoms with Crippen molar-refractivity contribution in [2.75, 3.05) is 30.2 Å². The molecule has 2 amide bonds. The minimum absolute atomic E-state index is 0.224. The molecule has 1 heterocycles. The lowest BCUT2D eigenvalue weighted by Gasteiger charge is -2.32. The number of anilines is 1. The van der Waals surface area contributed by atoms with Crippen LogP contribution in [0.25, 0.3) is 10.8 Å². The molecule has 0 atom stereocenters. The molecular formula is C19H23N3O4S. The summed E-state index contributed by atoms with van der Waals surface area (Å²) in [5, 5.41) is 1.67. The van der Waals surface area contributed by atoms with Gasteiger partial charge in [0.15, 0.2) is 0 Å². The fraction of sp³-hybridized carbons (Fsp3) is 0.368. The second-order valence-corrected chi connectivity index (χ2v) is 8.73. The highest BCUT2D eigenvalue weighted by atomic mass is 32.2. The molecule has 8 heteroatoms. The van der Waals surface area contributed by atoms with Crippen LogP contribution in [0.15, 0.2) is 42.5 Å². The second kappa shape index (κ2) is 7.56. The van der Waals surface area contributed by atoms with Gasteiger partial charge in [-0.3, -0.25) is 13.9 Å². The van der Waals surface area contributed by atoms with E-state index in [2.05, 4.69) is 0 Å². The second-order valence-electron chi connectivity index (χ2n) is 6.83. The molecule has 0 saturated carbocycles. The summed E-state index contributed by atoms with van der Waals surface area (Å²) < 4.78 is 26.0. The number of amides is 2. The largest absolute Gasteiger partial charge is 0.369 e. The van der Waals surface area contributed by atoms with Crippen molar-refractivity contribution in [2.24, 2.45) is 11.7 Å². The number of hydrogen-bond donors (Lipinski definition) is 1. The van der Waals surface area contributed by atoms with Crippen LogP contribution >= 0.6 is 0 Å². The molecule has 0 bridgehead atoms. The molecular weight excluding hydrogens is 366 g/mol. The summed E-state index contributed by atoms with van der Waals surface area (Å²) in [7, 11) is -3.66. The van der Waals surface area contributed by atoms with Crippen molar-refractivity contribution in [2.45, 2.75) is 12.8 Å². The van der Waals surface area contributed by atoms with Gasteiger partial charge in [-0.25, -0.2) is 8.42 Å². The number of likely N-dealkylation sites (tertiary alicyclic amines) is 1. The normalized spacial score (nSPS) is 15.7. The molecule has 2 aromatic carbocycles. The Bertz CT molecular complexity index is 961. The van der Waals surface area contributed by atoms with Crippen molar-refractivity contribution >= 4 is 38.3 Å². The molecule has 3 rings (SSSR count). The van der Waals surface area contributed by atoms with Gasteiger partial charge >= 0.3 is 0 Å². The number of hydrogen-bond acceptors (Lipinski definition) is 4. The van der Waals surface area contributed by atoms with Gasteiger partial charge in [-0.2, -0.15) is 0 Å². The first-order valence-electron chi connectivity index (χ1n) is 8.80. The molecule has 0 aromatic heterocycles. The molecule has 0 radical (unpaired) electrons. The topological polar surface area (TPSA) is 101 Å². The average molecular weight is 389 g/mol. The Morgan fingerprint density at radius 2 is 1.74 bits per heavy atom. The maximum Gasteiger partial charge on any atom is 0.243 e. The first kappa shape index (κ1) is 19.2. The number of primary amides is 1. The number of benzene rings is 2. The third kappa shape index (κ3) is 4.21. The fourth-order valence-corrected chi connectivity index (χ4v) is 4.30. The van der Waals surface area contributed by atoms with Crippen LogP contribution in [0, 0.1) is 5.92 Å². The van der Waals surface area contributed by atoms with Gasteiger partial charge in [-0.1, -0.05) is 36.4 Å². The molecule has 1 saturated heterocycles. The smallest absolute Gasteiger partial charge is 0.243 e. The Hall–Kier alpha value is -2.61. The predicted octanol–water partition coefficient (Wildman–Crippen LogP) is 1.33. The summed E-state index contributed by atoms with van der Waals surface area (Å²) in [4.78, 5) is 25.6. The fourth-order valence-electron chi connectivity index (χ4n) is 3.44. The van der Waals surface area contributed by atoms with Gasteiger partial charge < -0.3 is 10.6 Å². The van der Waals surface area contributed by atoms with Crippen molar-refractivity contribution in [3.05, 3.63) is 42.5 Å². The van der Waals surface area contributed by atoms with Crippen LogP contribution in [0.5, 0.6) is 0 Å². The molecule has 1 fully saturated rings. The minimum atomic E-state index is -3.66. The summed E-state index contributed by atoms with van der Waals surface area (Å²) >= 11 is 0.